The third-order valence-corrected chi connectivity index (χ3v) is 5.19. The molecule has 1 rings (SSSR count). The summed E-state index contributed by atoms with van der Waals surface area (Å²) in [6.45, 7) is 4.86. The molecule has 0 spiro atoms. The Labute approximate surface area is 133 Å². The minimum absolute atomic E-state index is 0.0816. The number of nitrogens with two attached hydrogens (primary N) is 1. The summed E-state index contributed by atoms with van der Waals surface area (Å²) in [5, 5.41) is 0.152. The van der Waals surface area contributed by atoms with Crippen molar-refractivity contribution in [1.29, 1.82) is 0 Å². The van der Waals surface area contributed by atoms with Crippen molar-refractivity contribution in [3.8, 4) is 0 Å². The van der Waals surface area contributed by atoms with Crippen molar-refractivity contribution in [2.45, 2.75) is 50.8 Å². The summed E-state index contributed by atoms with van der Waals surface area (Å²) in [7, 11) is -3.55. The van der Waals surface area contributed by atoms with E-state index in [-0.39, 0.29) is 9.92 Å². The molecule has 120 valence electrons. The van der Waals surface area contributed by atoms with Crippen LogP contribution in [0.15, 0.2) is 23.1 Å². The van der Waals surface area contributed by atoms with Crippen molar-refractivity contribution in [2.75, 3.05) is 12.3 Å². The first kappa shape index (κ1) is 18.3. The second-order valence-electron chi connectivity index (χ2n) is 5.68. The minimum atomic E-state index is -3.55. The number of rotatable bonds is 9. The van der Waals surface area contributed by atoms with Crippen LogP contribution in [0.25, 0.3) is 0 Å². The van der Waals surface area contributed by atoms with Gasteiger partial charge in [-0.05, 0) is 30.5 Å². The number of hydrogen-bond acceptors (Lipinski definition) is 3. The highest BCUT2D eigenvalue weighted by molar-refractivity contribution is 7.89. The van der Waals surface area contributed by atoms with Crippen LogP contribution in [0.1, 0.15) is 46.0 Å². The zero-order valence-corrected chi connectivity index (χ0v) is 14.3. The summed E-state index contributed by atoms with van der Waals surface area (Å²) < 4.78 is 26.8. The smallest absolute Gasteiger partial charge is 0.242 e. The maximum absolute atomic E-state index is 12.1. The van der Waals surface area contributed by atoms with Crippen molar-refractivity contribution in [3.05, 3.63) is 23.2 Å². The van der Waals surface area contributed by atoms with E-state index in [1.54, 1.807) is 0 Å². The lowest BCUT2D eigenvalue weighted by molar-refractivity contribution is 0.517. The molecule has 0 radical (unpaired) electrons. The number of unbranched alkanes of at least 4 members (excludes halogenated alkanes) is 3. The Kier molecular flexibility index (Phi) is 7.49. The Morgan fingerprint density at radius 3 is 2.48 bits per heavy atom. The molecule has 0 heterocycles. The number of anilines is 1. The van der Waals surface area contributed by atoms with E-state index in [2.05, 4.69) is 18.6 Å². The number of benzene rings is 1. The molecule has 0 bridgehead atoms. The van der Waals surface area contributed by atoms with Gasteiger partial charge in [0.1, 0.15) is 4.90 Å². The lowest BCUT2D eigenvalue weighted by Crippen LogP contribution is -2.25. The molecule has 0 aliphatic rings. The standard InChI is InChI=1S/C15H25ClN2O2S/c1-12(2)7-5-3-4-6-10-18-21(19,20)15-9-8-13(17)11-14(15)16/h8-9,11-12,18H,3-7,10,17H2,1-2H3. The summed E-state index contributed by atoms with van der Waals surface area (Å²) >= 11 is 5.93. The Bertz CT molecular complexity index is 545. The van der Waals surface area contributed by atoms with Crippen LogP contribution in [0.3, 0.4) is 0 Å². The maximum atomic E-state index is 12.1. The van der Waals surface area contributed by atoms with E-state index in [1.807, 2.05) is 0 Å². The van der Waals surface area contributed by atoms with Gasteiger partial charge in [-0.25, -0.2) is 13.1 Å². The van der Waals surface area contributed by atoms with Crippen molar-refractivity contribution in [2.24, 2.45) is 5.92 Å². The molecule has 1 aromatic carbocycles. The van der Waals surface area contributed by atoms with E-state index >= 15 is 0 Å². The van der Waals surface area contributed by atoms with Gasteiger partial charge in [0.2, 0.25) is 10.0 Å². The van der Waals surface area contributed by atoms with E-state index in [4.69, 9.17) is 17.3 Å². The Morgan fingerprint density at radius 2 is 1.86 bits per heavy atom. The third kappa shape index (κ3) is 6.68. The lowest BCUT2D eigenvalue weighted by Gasteiger charge is -2.09. The molecule has 0 aromatic heterocycles. The van der Waals surface area contributed by atoms with Crippen molar-refractivity contribution < 1.29 is 8.42 Å². The van der Waals surface area contributed by atoms with E-state index < -0.39 is 10.0 Å². The fraction of sp³-hybridized carbons (Fsp3) is 0.600. The third-order valence-electron chi connectivity index (χ3n) is 3.25. The van der Waals surface area contributed by atoms with Crippen LogP contribution < -0.4 is 10.5 Å². The summed E-state index contributed by atoms with van der Waals surface area (Å²) in [5.74, 6) is 0.733. The molecule has 0 unspecified atom stereocenters. The molecule has 6 heteroatoms. The second-order valence-corrected chi connectivity index (χ2v) is 7.83. The molecule has 21 heavy (non-hydrogen) atoms. The van der Waals surface area contributed by atoms with E-state index in [0.717, 1.165) is 25.2 Å². The summed E-state index contributed by atoms with van der Waals surface area (Å²) in [4.78, 5) is 0.0816. The van der Waals surface area contributed by atoms with Gasteiger partial charge >= 0.3 is 0 Å². The number of hydrogen-bond donors (Lipinski definition) is 2. The van der Waals surface area contributed by atoms with Gasteiger partial charge in [0.25, 0.3) is 0 Å². The fourth-order valence-electron chi connectivity index (χ4n) is 2.05. The van der Waals surface area contributed by atoms with Gasteiger partial charge in [-0.2, -0.15) is 0 Å². The Morgan fingerprint density at radius 1 is 1.19 bits per heavy atom. The Balaban J connectivity index is 2.37. The summed E-state index contributed by atoms with van der Waals surface area (Å²) in [6.07, 6.45) is 5.44. The maximum Gasteiger partial charge on any atom is 0.242 e. The van der Waals surface area contributed by atoms with Crippen molar-refractivity contribution >= 4 is 27.3 Å². The topological polar surface area (TPSA) is 72.2 Å². The predicted octanol–water partition coefficient (Wildman–Crippen LogP) is 3.81. The van der Waals surface area contributed by atoms with Crippen LogP contribution in [-0.4, -0.2) is 15.0 Å². The normalized spacial score (nSPS) is 12.0. The summed E-state index contributed by atoms with van der Waals surface area (Å²) in [5.41, 5.74) is 6.01. The highest BCUT2D eigenvalue weighted by Gasteiger charge is 2.17. The first-order valence-corrected chi connectivity index (χ1v) is 9.23. The van der Waals surface area contributed by atoms with Gasteiger partial charge in [-0.15, -0.1) is 0 Å². The highest BCUT2D eigenvalue weighted by Crippen LogP contribution is 2.23. The van der Waals surface area contributed by atoms with Crippen LogP contribution in [0.5, 0.6) is 0 Å². The number of halogens is 1. The molecule has 1 aromatic rings. The number of nitrogen functional groups attached to an aromatic ring is 1. The van der Waals surface area contributed by atoms with E-state index in [9.17, 15) is 8.42 Å². The van der Waals surface area contributed by atoms with E-state index in [0.29, 0.717) is 12.2 Å². The molecule has 0 amide bonds. The van der Waals surface area contributed by atoms with Crippen LogP contribution in [0.4, 0.5) is 5.69 Å². The fourth-order valence-corrected chi connectivity index (χ4v) is 3.68. The summed E-state index contributed by atoms with van der Waals surface area (Å²) in [6, 6.07) is 4.41. The van der Waals surface area contributed by atoms with Gasteiger partial charge in [0.05, 0.1) is 5.02 Å². The van der Waals surface area contributed by atoms with Crippen LogP contribution in [-0.2, 0) is 10.0 Å². The van der Waals surface area contributed by atoms with Crippen LogP contribution in [0, 0.1) is 5.92 Å². The second kappa shape index (κ2) is 8.61. The van der Waals surface area contributed by atoms with E-state index in [1.165, 1.54) is 31.0 Å². The van der Waals surface area contributed by atoms with Gasteiger partial charge in [0, 0.05) is 12.2 Å². The SMILES string of the molecule is CC(C)CCCCCCNS(=O)(=O)c1ccc(N)cc1Cl. The van der Waals surface area contributed by atoms with Crippen LogP contribution >= 0.6 is 11.6 Å². The monoisotopic (exact) mass is 332 g/mol. The van der Waals surface area contributed by atoms with Gasteiger partial charge in [-0.1, -0.05) is 51.1 Å². The molecular formula is C15H25ClN2O2S. The molecule has 0 aliphatic carbocycles. The van der Waals surface area contributed by atoms with Crippen molar-refractivity contribution in [3.63, 3.8) is 0 Å². The molecule has 0 fully saturated rings. The molecular weight excluding hydrogens is 308 g/mol. The number of sulfonamides is 1. The quantitative estimate of drug-likeness (QED) is 0.533. The predicted molar refractivity (Wildman–Crippen MR) is 89.0 cm³/mol. The average Bonchev–Trinajstić information content (AvgIpc) is 2.36. The van der Waals surface area contributed by atoms with Gasteiger partial charge in [0.15, 0.2) is 0 Å². The zero-order chi connectivity index (χ0) is 15.9. The molecule has 3 N–H and O–H groups in total. The molecule has 0 saturated carbocycles. The Hall–Kier alpha value is -0.780. The van der Waals surface area contributed by atoms with Gasteiger partial charge in [-0.3, -0.25) is 0 Å². The number of nitrogens with one attached hydrogen (secondary N) is 1. The first-order chi connectivity index (χ1) is 9.83. The zero-order valence-electron chi connectivity index (χ0n) is 12.7. The van der Waals surface area contributed by atoms with Gasteiger partial charge < -0.3 is 5.73 Å². The average molecular weight is 333 g/mol. The molecule has 0 atom stereocenters. The minimum Gasteiger partial charge on any atom is -0.399 e. The molecule has 0 saturated heterocycles. The molecule has 0 aliphatic heterocycles. The molecule has 4 nitrogen and oxygen atoms in total. The van der Waals surface area contributed by atoms with Crippen LogP contribution in [0.2, 0.25) is 5.02 Å². The first-order valence-electron chi connectivity index (χ1n) is 7.37. The largest absolute Gasteiger partial charge is 0.399 e. The lowest BCUT2D eigenvalue weighted by atomic mass is 10.0. The van der Waals surface area contributed by atoms with Crippen molar-refractivity contribution in [1.82, 2.24) is 4.72 Å². The highest BCUT2D eigenvalue weighted by atomic mass is 35.5.